The lowest BCUT2D eigenvalue weighted by Crippen LogP contribution is -1.91. The molecule has 0 unspecified atom stereocenters. The molecule has 0 aliphatic carbocycles. The molecule has 0 saturated heterocycles. The molecule has 0 aliphatic rings. The molecule has 0 aliphatic heterocycles. The van der Waals surface area contributed by atoms with E-state index in [0.29, 0.717) is 12.2 Å². The molecule has 0 atom stereocenters. The van der Waals surface area contributed by atoms with Gasteiger partial charge in [-0.1, -0.05) is 23.8 Å². The van der Waals surface area contributed by atoms with Gasteiger partial charge in [0.1, 0.15) is 5.75 Å². The van der Waals surface area contributed by atoms with Crippen LogP contribution in [0.5, 0.6) is 5.75 Å². The van der Waals surface area contributed by atoms with Gasteiger partial charge in [-0.05, 0) is 26.0 Å². The minimum atomic E-state index is 0.442. The second-order valence-corrected chi connectivity index (χ2v) is 2.76. The van der Waals surface area contributed by atoms with E-state index in [1.807, 2.05) is 38.1 Å². The Bertz CT molecular complexity index is 327. The average Bonchev–Trinajstić information content (AvgIpc) is 2.10. The molecule has 1 aromatic carbocycles. The summed E-state index contributed by atoms with van der Waals surface area (Å²) in [6.07, 6.45) is 3.82. The molecule has 0 N–H and O–H groups in total. The number of carbonyl (C=O) groups is 1. The zero-order chi connectivity index (χ0) is 9.68. The standard InChI is InChI=1S/C11H12O2/c1-3-4-10-7-9(2)5-6-11(10)13-8-12/h3-8H,1-2H3/b4-3-. The van der Waals surface area contributed by atoms with E-state index >= 15 is 0 Å². The summed E-state index contributed by atoms with van der Waals surface area (Å²) in [6, 6.07) is 5.67. The zero-order valence-corrected chi connectivity index (χ0v) is 7.78. The Morgan fingerprint density at radius 2 is 2.15 bits per heavy atom. The highest BCUT2D eigenvalue weighted by molar-refractivity contribution is 5.61. The van der Waals surface area contributed by atoms with E-state index in [-0.39, 0.29) is 0 Å². The van der Waals surface area contributed by atoms with Crippen molar-refractivity contribution in [3.8, 4) is 5.75 Å². The van der Waals surface area contributed by atoms with Gasteiger partial charge in [0, 0.05) is 5.56 Å². The molecule has 0 spiro atoms. The summed E-state index contributed by atoms with van der Waals surface area (Å²) in [5, 5.41) is 0. The number of hydrogen-bond acceptors (Lipinski definition) is 2. The molecule has 0 aromatic heterocycles. The lowest BCUT2D eigenvalue weighted by molar-refractivity contribution is -0.120. The van der Waals surface area contributed by atoms with E-state index in [1.54, 1.807) is 6.07 Å². The topological polar surface area (TPSA) is 26.3 Å². The van der Waals surface area contributed by atoms with E-state index in [1.165, 1.54) is 0 Å². The monoisotopic (exact) mass is 176 g/mol. The summed E-state index contributed by atoms with van der Waals surface area (Å²) in [6.45, 7) is 4.36. The van der Waals surface area contributed by atoms with Crippen molar-refractivity contribution in [2.45, 2.75) is 13.8 Å². The molecular formula is C11H12O2. The number of ether oxygens (including phenoxy) is 1. The van der Waals surface area contributed by atoms with Crippen molar-refractivity contribution in [2.75, 3.05) is 0 Å². The lowest BCUT2D eigenvalue weighted by Gasteiger charge is -2.03. The van der Waals surface area contributed by atoms with Crippen molar-refractivity contribution in [1.82, 2.24) is 0 Å². The third-order valence-electron chi connectivity index (χ3n) is 1.69. The van der Waals surface area contributed by atoms with Crippen molar-refractivity contribution < 1.29 is 9.53 Å². The average molecular weight is 176 g/mol. The third-order valence-corrected chi connectivity index (χ3v) is 1.69. The van der Waals surface area contributed by atoms with Gasteiger partial charge in [0.15, 0.2) is 0 Å². The van der Waals surface area contributed by atoms with Crippen LogP contribution in [-0.4, -0.2) is 6.47 Å². The highest BCUT2D eigenvalue weighted by Gasteiger charge is 1.99. The summed E-state index contributed by atoms with van der Waals surface area (Å²) in [7, 11) is 0. The zero-order valence-electron chi connectivity index (χ0n) is 7.78. The van der Waals surface area contributed by atoms with Gasteiger partial charge in [-0.2, -0.15) is 0 Å². The smallest absolute Gasteiger partial charge is 0.298 e. The molecule has 13 heavy (non-hydrogen) atoms. The van der Waals surface area contributed by atoms with Crippen molar-refractivity contribution in [3.05, 3.63) is 35.4 Å². The van der Waals surface area contributed by atoms with Crippen LogP contribution in [0.4, 0.5) is 0 Å². The van der Waals surface area contributed by atoms with Gasteiger partial charge < -0.3 is 4.74 Å². The summed E-state index contributed by atoms with van der Waals surface area (Å²) in [5.74, 6) is 0.596. The quantitative estimate of drug-likeness (QED) is 0.661. The van der Waals surface area contributed by atoms with Gasteiger partial charge in [0.25, 0.3) is 6.47 Å². The van der Waals surface area contributed by atoms with Gasteiger partial charge in [0.2, 0.25) is 0 Å². The minimum absolute atomic E-state index is 0.442. The summed E-state index contributed by atoms with van der Waals surface area (Å²) in [5.41, 5.74) is 2.07. The Morgan fingerprint density at radius 3 is 2.77 bits per heavy atom. The SMILES string of the molecule is C/C=C\c1cc(C)ccc1OC=O. The molecule has 1 rings (SSSR count). The largest absolute Gasteiger partial charge is 0.428 e. The number of rotatable bonds is 3. The molecule has 0 bridgehead atoms. The Morgan fingerprint density at radius 1 is 1.38 bits per heavy atom. The Kier molecular flexibility index (Phi) is 3.26. The maximum absolute atomic E-state index is 10.2. The third kappa shape index (κ3) is 2.44. The molecule has 2 nitrogen and oxygen atoms in total. The molecular weight excluding hydrogens is 164 g/mol. The fraction of sp³-hybridized carbons (Fsp3) is 0.182. The fourth-order valence-electron chi connectivity index (χ4n) is 1.14. The minimum Gasteiger partial charge on any atom is -0.428 e. The van der Waals surface area contributed by atoms with E-state index in [0.717, 1.165) is 11.1 Å². The first-order chi connectivity index (χ1) is 6.27. The number of allylic oxidation sites excluding steroid dienone is 1. The molecule has 1 aromatic rings. The van der Waals surface area contributed by atoms with E-state index in [9.17, 15) is 4.79 Å². The number of carbonyl (C=O) groups excluding carboxylic acids is 1. The number of hydrogen-bond donors (Lipinski definition) is 0. The second-order valence-electron chi connectivity index (χ2n) is 2.76. The number of aryl methyl sites for hydroxylation is 1. The molecule has 2 heteroatoms. The van der Waals surface area contributed by atoms with Crippen molar-refractivity contribution >= 4 is 12.5 Å². The molecule has 0 saturated carbocycles. The molecule has 0 fully saturated rings. The van der Waals surface area contributed by atoms with Crippen molar-refractivity contribution in [2.24, 2.45) is 0 Å². The lowest BCUT2D eigenvalue weighted by atomic mass is 10.1. The van der Waals surface area contributed by atoms with Crippen LogP contribution in [0, 0.1) is 6.92 Å². The van der Waals surface area contributed by atoms with E-state index in [2.05, 4.69) is 0 Å². The summed E-state index contributed by atoms with van der Waals surface area (Å²) >= 11 is 0. The van der Waals surface area contributed by atoms with Crippen LogP contribution in [0.25, 0.3) is 6.08 Å². The van der Waals surface area contributed by atoms with Crippen LogP contribution in [0.3, 0.4) is 0 Å². The molecule has 0 amide bonds. The van der Waals surface area contributed by atoms with E-state index in [4.69, 9.17) is 4.74 Å². The highest BCUT2D eigenvalue weighted by Crippen LogP contribution is 2.20. The normalized spacial score (nSPS) is 10.3. The first kappa shape index (κ1) is 9.52. The maximum Gasteiger partial charge on any atom is 0.298 e. The van der Waals surface area contributed by atoms with E-state index < -0.39 is 0 Å². The van der Waals surface area contributed by atoms with Gasteiger partial charge >= 0.3 is 0 Å². The fourth-order valence-corrected chi connectivity index (χ4v) is 1.14. The second kappa shape index (κ2) is 4.45. The van der Waals surface area contributed by atoms with Crippen LogP contribution < -0.4 is 4.74 Å². The first-order valence-corrected chi connectivity index (χ1v) is 4.11. The predicted molar refractivity (Wildman–Crippen MR) is 52.6 cm³/mol. The summed E-state index contributed by atoms with van der Waals surface area (Å²) in [4.78, 5) is 10.2. The molecule has 0 radical (unpaired) electrons. The first-order valence-electron chi connectivity index (χ1n) is 4.11. The van der Waals surface area contributed by atoms with Crippen LogP contribution >= 0.6 is 0 Å². The van der Waals surface area contributed by atoms with Gasteiger partial charge in [-0.15, -0.1) is 0 Å². The predicted octanol–water partition coefficient (Wildman–Crippen LogP) is 2.56. The van der Waals surface area contributed by atoms with Gasteiger partial charge in [-0.3, -0.25) is 4.79 Å². The maximum atomic E-state index is 10.2. The highest BCUT2D eigenvalue weighted by atomic mass is 16.5. The van der Waals surface area contributed by atoms with Gasteiger partial charge in [0.05, 0.1) is 0 Å². The van der Waals surface area contributed by atoms with Crippen LogP contribution in [0.2, 0.25) is 0 Å². The summed E-state index contributed by atoms with van der Waals surface area (Å²) < 4.78 is 4.81. The van der Waals surface area contributed by atoms with Crippen molar-refractivity contribution in [3.63, 3.8) is 0 Å². The molecule has 68 valence electrons. The number of benzene rings is 1. The van der Waals surface area contributed by atoms with Crippen LogP contribution in [-0.2, 0) is 4.79 Å². The molecule has 0 heterocycles. The Labute approximate surface area is 77.8 Å². The van der Waals surface area contributed by atoms with Crippen LogP contribution in [0.1, 0.15) is 18.1 Å². The van der Waals surface area contributed by atoms with Crippen molar-refractivity contribution in [1.29, 1.82) is 0 Å². The Balaban J connectivity index is 3.09. The van der Waals surface area contributed by atoms with Gasteiger partial charge in [-0.25, -0.2) is 0 Å². The Hall–Kier alpha value is -1.57. The van der Waals surface area contributed by atoms with Crippen LogP contribution in [0.15, 0.2) is 24.3 Å².